The molecule has 0 aliphatic heterocycles. The van der Waals surface area contributed by atoms with Crippen molar-refractivity contribution in [3.63, 3.8) is 0 Å². The Balaban J connectivity index is 1.75. The molecule has 1 aliphatic carbocycles. The summed E-state index contributed by atoms with van der Waals surface area (Å²) < 4.78 is 55.7. The third-order valence-electron chi connectivity index (χ3n) is 5.27. The molecular formula is C22H24F4O. The molecule has 146 valence electrons. The third kappa shape index (κ3) is 5.02. The van der Waals surface area contributed by atoms with E-state index in [0.29, 0.717) is 17.0 Å². The van der Waals surface area contributed by atoms with E-state index in [1.54, 1.807) is 6.07 Å². The van der Waals surface area contributed by atoms with E-state index in [2.05, 4.69) is 11.7 Å². The van der Waals surface area contributed by atoms with Crippen molar-refractivity contribution < 1.29 is 22.3 Å². The van der Waals surface area contributed by atoms with Crippen LogP contribution in [0, 0.1) is 11.7 Å². The topological polar surface area (TPSA) is 9.23 Å². The molecule has 5 heteroatoms. The van der Waals surface area contributed by atoms with E-state index in [0.717, 1.165) is 30.4 Å². The first-order valence-electron chi connectivity index (χ1n) is 9.54. The number of alkyl halides is 3. The van der Waals surface area contributed by atoms with Crippen molar-refractivity contribution in [2.24, 2.45) is 5.92 Å². The quantitative estimate of drug-likeness (QED) is 0.384. The Bertz CT molecular complexity index is 765. The predicted molar refractivity (Wildman–Crippen MR) is 98.2 cm³/mol. The normalized spacial score (nSPS) is 16.9. The molecule has 1 unspecified atom stereocenters. The maximum atomic E-state index is 15.0. The number of unbranched alkanes of at least 4 members (excludes halogenated alkanes) is 2. The number of hydrogen-bond acceptors (Lipinski definition) is 1. The second kappa shape index (κ2) is 8.32. The van der Waals surface area contributed by atoms with Crippen molar-refractivity contribution >= 4 is 0 Å². The van der Waals surface area contributed by atoms with Gasteiger partial charge in [-0.1, -0.05) is 56.9 Å². The Hall–Kier alpha value is -2.04. The zero-order chi connectivity index (χ0) is 19.4. The maximum absolute atomic E-state index is 15.0. The number of ether oxygens (including phenoxy) is 1. The average Bonchev–Trinajstić information content (AvgIpc) is 2.62. The summed E-state index contributed by atoms with van der Waals surface area (Å²) in [5, 5.41) is 0. The molecule has 2 aromatic carbocycles. The summed E-state index contributed by atoms with van der Waals surface area (Å²) in [5.41, 5.74) is 2.81. The van der Waals surface area contributed by atoms with Gasteiger partial charge in [0, 0.05) is 5.56 Å². The standard InChI is InChI=1S/C22H24F4O/c1-2-3-4-5-15-6-12-20-17(14-15)9-13-19(21(20)23)16-7-10-18(11-8-16)27-22(24,25)26/h7-11,13,15H,2-6,12,14H2,1H3. The molecule has 2 aromatic rings. The van der Waals surface area contributed by atoms with E-state index < -0.39 is 6.36 Å². The minimum absolute atomic E-state index is 0.246. The minimum Gasteiger partial charge on any atom is -0.406 e. The molecule has 0 radical (unpaired) electrons. The first kappa shape index (κ1) is 19.7. The van der Waals surface area contributed by atoms with Crippen LogP contribution < -0.4 is 4.74 Å². The van der Waals surface area contributed by atoms with Crippen molar-refractivity contribution in [3.8, 4) is 16.9 Å². The Labute approximate surface area is 157 Å². The van der Waals surface area contributed by atoms with Crippen LogP contribution in [-0.2, 0) is 12.8 Å². The molecule has 1 aliphatic rings. The van der Waals surface area contributed by atoms with Gasteiger partial charge in [0.1, 0.15) is 11.6 Å². The highest BCUT2D eigenvalue weighted by atomic mass is 19.4. The molecule has 0 saturated heterocycles. The largest absolute Gasteiger partial charge is 0.573 e. The fourth-order valence-electron chi connectivity index (χ4n) is 3.87. The van der Waals surface area contributed by atoms with Gasteiger partial charge in [-0.25, -0.2) is 4.39 Å². The number of halogens is 4. The molecule has 0 spiro atoms. The van der Waals surface area contributed by atoms with Crippen molar-refractivity contribution in [1.82, 2.24) is 0 Å². The molecule has 27 heavy (non-hydrogen) atoms. The van der Waals surface area contributed by atoms with Crippen molar-refractivity contribution in [3.05, 3.63) is 53.3 Å². The first-order valence-corrected chi connectivity index (χ1v) is 9.54. The van der Waals surface area contributed by atoms with Gasteiger partial charge in [0.15, 0.2) is 0 Å². The number of fused-ring (bicyclic) bond motifs is 1. The van der Waals surface area contributed by atoms with Gasteiger partial charge in [-0.2, -0.15) is 0 Å². The van der Waals surface area contributed by atoms with Gasteiger partial charge in [0.25, 0.3) is 0 Å². The highest BCUT2D eigenvalue weighted by molar-refractivity contribution is 5.66. The zero-order valence-corrected chi connectivity index (χ0v) is 15.4. The summed E-state index contributed by atoms with van der Waals surface area (Å²) in [7, 11) is 0. The molecule has 0 fully saturated rings. The van der Waals surface area contributed by atoms with Crippen LogP contribution >= 0.6 is 0 Å². The van der Waals surface area contributed by atoms with E-state index in [1.165, 1.54) is 49.9 Å². The van der Waals surface area contributed by atoms with E-state index >= 15 is 4.39 Å². The lowest BCUT2D eigenvalue weighted by Crippen LogP contribution is -2.17. The fraction of sp³-hybridized carbons (Fsp3) is 0.455. The van der Waals surface area contributed by atoms with Crippen LogP contribution in [0.15, 0.2) is 36.4 Å². The minimum atomic E-state index is -4.73. The van der Waals surface area contributed by atoms with Gasteiger partial charge in [0.2, 0.25) is 0 Å². The molecular weight excluding hydrogens is 356 g/mol. The van der Waals surface area contributed by atoms with Crippen LogP contribution in [0.4, 0.5) is 17.6 Å². The first-order chi connectivity index (χ1) is 12.9. The SMILES string of the molecule is CCCCCC1CCc2c(ccc(-c3ccc(OC(F)(F)F)cc3)c2F)C1. The van der Waals surface area contributed by atoms with Crippen LogP contribution in [0.2, 0.25) is 0 Å². The molecule has 0 N–H and O–H groups in total. The second-order valence-electron chi connectivity index (χ2n) is 7.24. The Morgan fingerprint density at radius 2 is 1.78 bits per heavy atom. The predicted octanol–water partition coefficient (Wildman–Crippen LogP) is 7.08. The van der Waals surface area contributed by atoms with Crippen LogP contribution in [0.1, 0.15) is 50.2 Å². The zero-order valence-electron chi connectivity index (χ0n) is 15.4. The fourth-order valence-corrected chi connectivity index (χ4v) is 3.87. The summed E-state index contributed by atoms with van der Waals surface area (Å²) in [6, 6.07) is 9.06. The number of rotatable bonds is 6. The van der Waals surface area contributed by atoms with Crippen LogP contribution in [0.25, 0.3) is 11.1 Å². The van der Waals surface area contributed by atoms with Crippen molar-refractivity contribution in [1.29, 1.82) is 0 Å². The molecule has 0 saturated carbocycles. The Morgan fingerprint density at radius 3 is 2.44 bits per heavy atom. The monoisotopic (exact) mass is 380 g/mol. The highest BCUT2D eigenvalue weighted by Gasteiger charge is 2.31. The molecule has 0 aromatic heterocycles. The summed E-state index contributed by atoms with van der Waals surface area (Å²) in [6.07, 6.45) is 2.76. The molecule has 1 atom stereocenters. The Morgan fingerprint density at radius 1 is 1.04 bits per heavy atom. The maximum Gasteiger partial charge on any atom is 0.573 e. The molecule has 0 amide bonds. The van der Waals surface area contributed by atoms with Gasteiger partial charge in [-0.3, -0.25) is 0 Å². The second-order valence-corrected chi connectivity index (χ2v) is 7.24. The van der Waals surface area contributed by atoms with Gasteiger partial charge in [-0.15, -0.1) is 13.2 Å². The molecule has 0 heterocycles. The average molecular weight is 380 g/mol. The number of benzene rings is 2. The van der Waals surface area contributed by atoms with Crippen LogP contribution in [0.3, 0.4) is 0 Å². The van der Waals surface area contributed by atoms with Gasteiger partial charge in [0.05, 0.1) is 0 Å². The van der Waals surface area contributed by atoms with E-state index in [9.17, 15) is 13.2 Å². The molecule has 3 rings (SSSR count). The lowest BCUT2D eigenvalue weighted by Gasteiger charge is -2.26. The lowest BCUT2D eigenvalue weighted by atomic mass is 9.80. The Kier molecular flexibility index (Phi) is 6.08. The van der Waals surface area contributed by atoms with Gasteiger partial charge >= 0.3 is 6.36 Å². The summed E-state index contributed by atoms with van der Waals surface area (Å²) in [6.45, 7) is 2.19. The molecule has 1 nitrogen and oxygen atoms in total. The van der Waals surface area contributed by atoms with Crippen molar-refractivity contribution in [2.45, 2.75) is 58.2 Å². The van der Waals surface area contributed by atoms with E-state index in [-0.39, 0.29) is 11.6 Å². The van der Waals surface area contributed by atoms with Gasteiger partial charge in [-0.05, 0) is 54.0 Å². The van der Waals surface area contributed by atoms with Crippen LogP contribution in [-0.4, -0.2) is 6.36 Å². The summed E-state index contributed by atoms with van der Waals surface area (Å²) in [4.78, 5) is 0. The highest BCUT2D eigenvalue weighted by Crippen LogP contribution is 2.35. The summed E-state index contributed by atoms with van der Waals surface area (Å²) >= 11 is 0. The van der Waals surface area contributed by atoms with E-state index in [1.807, 2.05) is 6.07 Å². The number of hydrogen-bond donors (Lipinski definition) is 0. The van der Waals surface area contributed by atoms with E-state index in [4.69, 9.17) is 0 Å². The lowest BCUT2D eigenvalue weighted by molar-refractivity contribution is -0.274. The summed E-state index contributed by atoms with van der Waals surface area (Å²) in [5.74, 6) is 0.0663. The van der Waals surface area contributed by atoms with Gasteiger partial charge < -0.3 is 4.74 Å². The molecule has 0 bridgehead atoms. The third-order valence-corrected chi connectivity index (χ3v) is 5.27. The van der Waals surface area contributed by atoms with Crippen LogP contribution in [0.5, 0.6) is 5.75 Å². The van der Waals surface area contributed by atoms with Crippen molar-refractivity contribution in [2.75, 3.05) is 0 Å². The smallest absolute Gasteiger partial charge is 0.406 e.